The van der Waals surface area contributed by atoms with E-state index in [1.807, 2.05) is 41.3 Å². The molecule has 0 saturated carbocycles. The number of carbonyl (C=O) groups is 1. The van der Waals surface area contributed by atoms with Crippen molar-refractivity contribution in [1.29, 1.82) is 0 Å². The molecule has 2 heterocycles. The van der Waals surface area contributed by atoms with E-state index in [-0.39, 0.29) is 11.6 Å². The van der Waals surface area contributed by atoms with Gasteiger partial charge in [-0.2, -0.15) is 0 Å². The van der Waals surface area contributed by atoms with E-state index in [9.17, 15) is 4.79 Å². The van der Waals surface area contributed by atoms with E-state index in [0.29, 0.717) is 12.5 Å². The SMILES string of the molecule is COc1ccc(CNC(=O)N2CCC3(CC2)CC(Cc2ccc(OC)cc2)CCO3)cc1. The van der Waals surface area contributed by atoms with Crippen molar-refractivity contribution in [3.63, 3.8) is 0 Å². The number of ether oxygens (including phenoxy) is 3. The minimum Gasteiger partial charge on any atom is -0.497 e. The van der Waals surface area contributed by atoms with Crippen molar-refractivity contribution in [1.82, 2.24) is 10.2 Å². The Bertz CT molecular complexity index is 874. The monoisotopic (exact) mass is 438 g/mol. The van der Waals surface area contributed by atoms with E-state index in [2.05, 4.69) is 17.4 Å². The molecule has 6 heteroatoms. The van der Waals surface area contributed by atoms with Crippen LogP contribution < -0.4 is 14.8 Å². The second-order valence-electron chi connectivity index (χ2n) is 8.94. The van der Waals surface area contributed by atoms with Gasteiger partial charge in [0.1, 0.15) is 11.5 Å². The van der Waals surface area contributed by atoms with Crippen molar-refractivity contribution in [3.05, 3.63) is 59.7 Å². The zero-order valence-electron chi connectivity index (χ0n) is 19.1. The number of nitrogens with zero attached hydrogens (tertiary/aromatic N) is 1. The van der Waals surface area contributed by atoms with E-state index >= 15 is 0 Å². The maximum Gasteiger partial charge on any atom is 0.317 e. The van der Waals surface area contributed by atoms with Gasteiger partial charge in [0.2, 0.25) is 0 Å². The Balaban J connectivity index is 1.25. The van der Waals surface area contributed by atoms with Crippen LogP contribution in [0.25, 0.3) is 0 Å². The number of amides is 2. The highest BCUT2D eigenvalue weighted by Gasteiger charge is 2.41. The Kier molecular flexibility index (Phi) is 7.20. The van der Waals surface area contributed by atoms with Crippen molar-refractivity contribution in [2.75, 3.05) is 33.9 Å². The van der Waals surface area contributed by atoms with Crippen LogP contribution in [-0.4, -0.2) is 50.4 Å². The van der Waals surface area contributed by atoms with Crippen molar-refractivity contribution >= 4 is 6.03 Å². The van der Waals surface area contributed by atoms with Gasteiger partial charge in [-0.05, 0) is 73.4 Å². The number of nitrogens with one attached hydrogen (secondary N) is 1. The molecule has 1 spiro atoms. The zero-order chi connectivity index (χ0) is 22.4. The molecule has 2 aromatic rings. The van der Waals surface area contributed by atoms with Gasteiger partial charge in [-0.1, -0.05) is 24.3 Å². The highest BCUT2D eigenvalue weighted by molar-refractivity contribution is 5.74. The van der Waals surface area contributed by atoms with Crippen LogP contribution in [0.4, 0.5) is 4.79 Å². The summed E-state index contributed by atoms with van der Waals surface area (Å²) < 4.78 is 16.8. The lowest BCUT2D eigenvalue weighted by Crippen LogP contribution is -2.52. The molecule has 32 heavy (non-hydrogen) atoms. The Labute approximate surface area is 190 Å². The van der Waals surface area contributed by atoms with Gasteiger partial charge < -0.3 is 24.4 Å². The predicted molar refractivity (Wildman–Crippen MR) is 124 cm³/mol. The molecule has 4 rings (SSSR count). The Morgan fingerprint density at radius 1 is 1.00 bits per heavy atom. The van der Waals surface area contributed by atoms with Gasteiger partial charge in [0, 0.05) is 26.2 Å². The first-order chi connectivity index (χ1) is 15.6. The van der Waals surface area contributed by atoms with Gasteiger partial charge in [0.25, 0.3) is 0 Å². The number of urea groups is 1. The third-order valence-corrected chi connectivity index (χ3v) is 6.84. The summed E-state index contributed by atoms with van der Waals surface area (Å²) in [5.41, 5.74) is 2.33. The summed E-state index contributed by atoms with van der Waals surface area (Å²) in [6.07, 6.45) is 5.05. The number of piperidine rings is 1. The van der Waals surface area contributed by atoms with E-state index in [1.165, 1.54) is 5.56 Å². The average molecular weight is 439 g/mol. The average Bonchev–Trinajstić information content (AvgIpc) is 2.84. The first-order valence-electron chi connectivity index (χ1n) is 11.5. The minimum atomic E-state index is -0.0812. The molecule has 0 aromatic heterocycles. The van der Waals surface area contributed by atoms with Gasteiger partial charge in [-0.15, -0.1) is 0 Å². The third-order valence-electron chi connectivity index (χ3n) is 6.84. The number of likely N-dealkylation sites (tertiary alicyclic amines) is 1. The lowest BCUT2D eigenvalue weighted by atomic mass is 9.77. The van der Waals surface area contributed by atoms with Crippen molar-refractivity contribution in [2.45, 2.75) is 44.2 Å². The van der Waals surface area contributed by atoms with Gasteiger partial charge in [-0.3, -0.25) is 0 Å². The minimum absolute atomic E-state index is 0.00117. The topological polar surface area (TPSA) is 60.0 Å². The molecule has 2 saturated heterocycles. The standard InChI is InChI=1S/C26H34N2O4/c1-30-23-7-3-20(4-8-23)17-22-11-16-32-26(18-22)12-14-28(15-13-26)25(29)27-19-21-5-9-24(31-2)10-6-21/h3-10,22H,11-19H2,1-2H3,(H,27,29). The second kappa shape index (κ2) is 10.3. The smallest absolute Gasteiger partial charge is 0.317 e. The number of hydrogen-bond donors (Lipinski definition) is 1. The molecular formula is C26H34N2O4. The first-order valence-corrected chi connectivity index (χ1v) is 11.5. The quantitative estimate of drug-likeness (QED) is 0.725. The number of rotatable bonds is 6. The predicted octanol–water partition coefficient (Wildman–Crippen LogP) is 4.42. The van der Waals surface area contributed by atoms with Gasteiger partial charge in [0.05, 0.1) is 19.8 Å². The molecule has 0 bridgehead atoms. The second-order valence-corrected chi connectivity index (χ2v) is 8.94. The number of benzene rings is 2. The summed E-state index contributed by atoms with van der Waals surface area (Å²) in [7, 11) is 3.35. The summed E-state index contributed by atoms with van der Waals surface area (Å²) in [6.45, 7) is 2.81. The molecule has 2 aliphatic heterocycles. The summed E-state index contributed by atoms with van der Waals surface area (Å²) in [5.74, 6) is 2.33. The molecule has 0 aliphatic carbocycles. The Morgan fingerprint density at radius 2 is 1.59 bits per heavy atom. The third kappa shape index (κ3) is 5.54. The first kappa shape index (κ1) is 22.5. The molecular weight excluding hydrogens is 404 g/mol. The maximum absolute atomic E-state index is 12.7. The molecule has 1 atom stereocenters. The molecule has 6 nitrogen and oxygen atoms in total. The van der Waals surface area contributed by atoms with Crippen LogP contribution in [0.2, 0.25) is 0 Å². The molecule has 172 valence electrons. The summed E-state index contributed by atoms with van der Waals surface area (Å²) >= 11 is 0. The molecule has 2 fully saturated rings. The fourth-order valence-electron chi connectivity index (χ4n) is 4.90. The molecule has 2 aromatic carbocycles. The van der Waals surface area contributed by atoms with Gasteiger partial charge >= 0.3 is 6.03 Å². The highest BCUT2D eigenvalue weighted by Crippen LogP contribution is 2.39. The highest BCUT2D eigenvalue weighted by atomic mass is 16.5. The van der Waals surface area contributed by atoms with Crippen LogP contribution >= 0.6 is 0 Å². The lowest BCUT2D eigenvalue weighted by Gasteiger charge is -2.46. The number of carbonyl (C=O) groups excluding carboxylic acids is 1. The van der Waals surface area contributed by atoms with E-state index in [0.717, 1.165) is 68.9 Å². The molecule has 1 N–H and O–H groups in total. The van der Waals surface area contributed by atoms with Crippen LogP contribution in [0, 0.1) is 5.92 Å². The number of methoxy groups -OCH3 is 2. The summed E-state index contributed by atoms with van der Waals surface area (Å²) in [4.78, 5) is 14.6. The lowest BCUT2D eigenvalue weighted by molar-refractivity contribution is -0.122. The zero-order valence-corrected chi connectivity index (χ0v) is 19.1. The van der Waals surface area contributed by atoms with E-state index in [1.54, 1.807) is 14.2 Å². The van der Waals surface area contributed by atoms with Crippen molar-refractivity contribution in [3.8, 4) is 11.5 Å². The normalized spacial score (nSPS) is 20.1. The fourth-order valence-corrected chi connectivity index (χ4v) is 4.90. The Morgan fingerprint density at radius 3 is 2.19 bits per heavy atom. The molecule has 0 radical (unpaired) electrons. The molecule has 2 aliphatic rings. The molecule has 1 unspecified atom stereocenters. The maximum atomic E-state index is 12.7. The summed E-state index contributed by atoms with van der Waals surface area (Å²) in [5, 5.41) is 3.04. The largest absolute Gasteiger partial charge is 0.497 e. The van der Waals surface area contributed by atoms with Gasteiger partial charge in [-0.25, -0.2) is 4.79 Å². The number of hydrogen-bond acceptors (Lipinski definition) is 4. The van der Waals surface area contributed by atoms with Crippen LogP contribution in [-0.2, 0) is 17.7 Å². The van der Waals surface area contributed by atoms with Crippen LogP contribution in [0.3, 0.4) is 0 Å². The fraction of sp³-hybridized carbons (Fsp3) is 0.500. The van der Waals surface area contributed by atoms with Crippen molar-refractivity contribution in [2.24, 2.45) is 5.92 Å². The van der Waals surface area contributed by atoms with Crippen LogP contribution in [0.5, 0.6) is 11.5 Å². The Hall–Kier alpha value is -2.73. The van der Waals surface area contributed by atoms with E-state index < -0.39 is 0 Å². The molecule has 2 amide bonds. The van der Waals surface area contributed by atoms with Crippen LogP contribution in [0.15, 0.2) is 48.5 Å². The van der Waals surface area contributed by atoms with Gasteiger partial charge in [0.15, 0.2) is 0 Å². The summed E-state index contributed by atoms with van der Waals surface area (Å²) in [6, 6.07) is 16.2. The van der Waals surface area contributed by atoms with E-state index in [4.69, 9.17) is 14.2 Å². The van der Waals surface area contributed by atoms with Crippen LogP contribution in [0.1, 0.15) is 36.8 Å². The van der Waals surface area contributed by atoms with Crippen molar-refractivity contribution < 1.29 is 19.0 Å².